The van der Waals surface area contributed by atoms with Gasteiger partial charge in [-0.05, 0) is 38.3 Å². The number of rotatable bonds is 2. The summed E-state index contributed by atoms with van der Waals surface area (Å²) in [7, 11) is 0. The lowest BCUT2D eigenvalue weighted by Gasteiger charge is -2.40. The van der Waals surface area contributed by atoms with E-state index in [0.717, 1.165) is 29.9 Å². The molecule has 1 unspecified atom stereocenters. The third-order valence-corrected chi connectivity index (χ3v) is 4.87. The van der Waals surface area contributed by atoms with Crippen LogP contribution < -0.4 is 5.32 Å². The molecule has 1 aromatic heterocycles. The standard InChI is InChI=1S/C16H20N4O/c21-16(14-6-1-3-11-9-17-19-15(11)14)18-12-4-2-5-13-7-8-20(13)10-12/h1,3,6,9,12-13H,2,4-5,7-8,10H2,(H,17,19)(H,18,21)/t12-,13?/m0/s1. The average Bonchev–Trinajstić information content (AvgIpc) is 2.90. The largest absolute Gasteiger partial charge is 0.348 e. The summed E-state index contributed by atoms with van der Waals surface area (Å²) in [6.07, 6.45) is 6.65. The SMILES string of the molecule is O=C(N[C@H]1CCCC2CCN2C1)c1cccc2cn[nH]c12. The van der Waals surface area contributed by atoms with Gasteiger partial charge in [0.05, 0.1) is 17.3 Å². The van der Waals surface area contributed by atoms with E-state index in [1.54, 1.807) is 6.20 Å². The fourth-order valence-electron chi connectivity index (χ4n) is 3.57. The first kappa shape index (κ1) is 12.8. The van der Waals surface area contributed by atoms with Gasteiger partial charge in [-0.1, -0.05) is 12.1 Å². The molecule has 5 nitrogen and oxygen atoms in total. The second kappa shape index (κ2) is 5.15. The van der Waals surface area contributed by atoms with Crippen molar-refractivity contribution in [3.63, 3.8) is 0 Å². The Labute approximate surface area is 123 Å². The van der Waals surface area contributed by atoms with E-state index >= 15 is 0 Å². The van der Waals surface area contributed by atoms with Gasteiger partial charge in [-0.25, -0.2) is 0 Å². The normalized spacial score (nSPS) is 25.9. The van der Waals surface area contributed by atoms with Gasteiger partial charge in [0.2, 0.25) is 0 Å². The van der Waals surface area contributed by atoms with Crippen molar-refractivity contribution >= 4 is 16.8 Å². The van der Waals surface area contributed by atoms with Crippen LogP contribution in [-0.2, 0) is 0 Å². The number of nitrogens with zero attached hydrogens (tertiary/aromatic N) is 2. The predicted molar refractivity (Wildman–Crippen MR) is 81.2 cm³/mol. The van der Waals surface area contributed by atoms with Crippen molar-refractivity contribution in [2.24, 2.45) is 0 Å². The predicted octanol–water partition coefficient (Wildman–Crippen LogP) is 1.92. The Bertz CT molecular complexity index is 665. The monoisotopic (exact) mass is 284 g/mol. The smallest absolute Gasteiger partial charge is 0.253 e. The molecule has 2 aliphatic heterocycles. The van der Waals surface area contributed by atoms with Gasteiger partial charge in [0.25, 0.3) is 5.91 Å². The highest BCUT2D eigenvalue weighted by Crippen LogP contribution is 2.27. The van der Waals surface area contributed by atoms with Crippen LogP contribution in [0.3, 0.4) is 0 Å². The summed E-state index contributed by atoms with van der Waals surface area (Å²) in [6, 6.07) is 6.76. The van der Waals surface area contributed by atoms with Crippen molar-refractivity contribution in [3.8, 4) is 0 Å². The molecule has 1 aromatic carbocycles. The maximum atomic E-state index is 12.6. The number of H-pyrrole nitrogens is 1. The Hall–Kier alpha value is -1.88. The Morgan fingerprint density at radius 3 is 3.14 bits per heavy atom. The van der Waals surface area contributed by atoms with E-state index in [-0.39, 0.29) is 11.9 Å². The van der Waals surface area contributed by atoms with Crippen molar-refractivity contribution in [1.82, 2.24) is 20.4 Å². The highest BCUT2D eigenvalue weighted by atomic mass is 16.1. The molecule has 4 rings (SSSR count). The van der Waals surface area contributed by atoms with Gasteiger partial charge in [0.1, 0.15) is 0 Å². The topological polar surface area (TPSA) is 61.0 Å². The summed E-state index contributed by atoms with van der Waals surface area (Å²) in [5.74, 6) is 0.00817. The molecule has 0 radical (unpaired) electrons. The molecule has 2 fully saturated rings. The number of benzene rings is 1. The van der Waals surface area contributed by atoms with Gasteiger partial charge >= 0.3 is 0 Å². The molecular weight excluding hydrogens is 264 g/mol. The van der Waals surface area contributed by atoms with E-state index in [1.807, 2.05) is 18.2 Å². The van der Waals surface area contributed by atoms with Crippen LogP contribution in [0.5, 0.6) is 0 Å². The van der Waals surface area contributed by atoms with E-state index in [4.69, 9.17) is 0 Å². The Morgan fingerprint density at radius 2 is 2.29 bits per heavy atom. The molecule has 110 valence electrons. The fraction of sp³-hybridized carbons (Fsp3) is 0.500. The molecule has 2 aliphatic rings. The van der Waals surface area contributed by atoms with Crippen molar-refractivity contribution in [2.75, 3.05) is 13.1 Å². The molecule has 2 saturated heterocycles. The average molecular weight is 284 g/mol. The van der Waals surface area contributed by atoms with E-state index < -0.39 is 0 Å². The number of fused-ring (bicyclic) bond motifs is 2. The molecule has 5 heteroatoms. The number of carbonyl (C=O) groups is 1. The van der Waals surface area contributed by atoms with Crippen LogP contribution in [0.2, 0.25) is 0 Å². The van der Waals surface area contributed by atoms with Gasteiger partial charge in [-0.3, -0.25) is 14.8 Å². The molecule has 2 atom stereocenters. The zero-order chi connectivity index (χ0) is 14.2. The summed E-state index contributed by atoms with van der Waals surface area (Å²) in [6.45, 7) is 2.18. The summed E-state index contributed by atoms with van der Waals surface area (Å²) < 4.78 is 0. The molecule has 0 aliphatic carbocycles. The first-order valence-electron chi connectivity index (χ1n) is 7.78. The minimum Gasteiger partial charge on any atom is -0.348 e. The number of amides is 1. The highest BCUT2D eigenvalue weighted by Gasteiger charge is 2.32. The lowest BCUT2D eigenvalue weighted by Crippen LogP contribution is -2.52. The zero-order valence-corrected chi connectivity index (χ0v) is 12.0. The van der Waals surface area contributed by atoms with Crippen LogP contribution >= 0.6 is 0 Å². The minimum atomic E-state index is 0.00817. The van der Waals surface area contributed by atoms with Gasteiger partial charge in [0.15, 0.2) is 0 Å². The highest BCUT2D eigenvalue weighted by molar-refractivity contribution is 6.05. The van der Waals surface area contributed by atoms with Gasteiger partial charge < -0.3 is 5.32 Å². The summed E-state index contributed by atoms with van der Waals surface area (Å²) in [5, 5.41) is 11.1. The molecular formula is C16H20N4O. The number of para-hydroxylation sites is 1. The second-order valence-corrected chi connectivity index (χ2v) is 6.18. The molecule has 1 amide bonds. The Morgan fingerprint density at radius 1 is 1.33 bits per heavy atom. The van der Waals surface area contributed by atoms with Crippen LogP contribution in [-0.4, -0.2) is 46.2 Å². The first-order chi connectivity index (χ1) is 10.3. The summed E-state index contributed by atoms with van der Waals surface area (Å²) >= 11 is 0. The molecule has 0 saturated carbocycles. The fourth-order valence-corrected chi connectivity index (χ4v) is 3.57. The number of nitrogens with one attached hydrogen (secondary N) is 2. The van der Waals surface area contributed by atoms with Crippen molar-refractivity contribution < 1.29 is 4.79 Å². The van der Waals surface area contributed by atoms with Crippen LogP contribution in [0.4, 0.5) is 0 Å². The van der Waals surface area contributed by atoms with Crippen molar-refractivity contribution in [3.05, 3.63) is 30.0 Å². The lowest BCUT2D eigenvalue weighted by molar-refractivity contribution is 0.0789. The van der Waals surface area contributed by atoms with Crippen LogP contribution in [0.1, 0.15) is 36.0 Å². The lowest BCUT2D eigenvalue weighted by atomic mass is 10.00. The van der Waals surface area contributed by atoms with Crippen molar-refractivity contribution in [2.45, 2.75) is 37.8 Å². The molecule has 0 spiro atoms. The van der Waals surface area contributed by atoms with Crippen LogP contribution in [0.25, 0.3) is 10.9 Å². The maximum Gasteiger partial charge on any atom is 0.253 e. The van der Waals surface area contributed by atoms with Gasteiger partial charge in [-0.15, -0.1) is 0 Å². The van der Waals surface area contributed by atoms with Crippen LogP contribution in [0.15, 0.2) is 24.4 Å². The number of hydrogen-bond acceptors (Lipinski definition) is 3. The van der Waals surface area contributed by atoms with Crippen LogP contribution in [0, 0.1) is 0 Å². The minimum absolute atomic E-state index is 0.00817. The third kappa shape index (κ3) is 2.31. The van der Waals surface area contributed by atoms with Gasteiger partial charge in [0, 0.05) is 24.0 Å². The number of hydrogen-bond donors (Lipinski definition) is 2. The van der Waals surface area contributed by atoms with E-state index in [2.05, 4.69) is 20.4 Å². The summed E-state index contributed by atoms with van der Waals surface area (Å²) in [5.41, 5.74) is 1.51. The quantitative estimate of drug-likeness (QED) is 0.885. The molecule has 2 N–H and O–H groups in total. The van der Waals surface area contributed by atoms with E-state index in [9.17, 15) is 4.79 Å². The Kier molecular flexibility index (Phi) is 3.15. The third-order valence-electron chi connectivity index (χ3n) is 4.87. The molecule has 0 bridgehead atoms. The molecule has 21 heavy (non-hydrogen) atoms. The van der Waals surface area contributed by atoms with Crippen molar-refractivity contribution in [1.29, 1.82) is 0 Å². The molecule has 2 aromatic rings. The van der Waals surface area contributed by atoms with E-state index in [1.165, 1.54) is 25.8 Å². The van der Waals surface area contributed by atoms with E-state index in [0.29, 0.717) is 5.56 Å². The number of aromatic amines is 1. The number of aromatic nitrogens is 2. The first-order valence-corrected chi connectivity index (χ1v) is 7.78. The Balaban J connectivity index is 1.51. The summed E-state index contributed by atoms with van der Waals surface area (Å²) in [4.78, 5) is 15.1. The second-order valence-electron chi connectivity index (χ2n) is 6.18. The number of carbonyl (C=O) groups excluding carboxylic acids is 1. The van der Waals surface area contributed by atoms with Gasteiger partial charge in [-0.2, -0.15) is 5.10 Å². The zero-order valence-electron chi connectivity index (χ0n) is 12.0. The maximum absolute atomic E-state index is 12.6. The molecule has 3 heterocycles.